The number of nitrogens with zero attached hydrogens (tertiary/aromatic N) is 1. The largest absolute Gasteiger partial charge is 0.497 e. The lowest BCUT2D eigenvalue weighted by Gasteiger charge is -2.16. The summed E-state index contributed by atoms with van der Waals surface area (Å²) in [6.07, 6.45) is 3.38. The van der Waals surface area contributed by atoms with Crippen LogP contribution in [0.5, 0.6) is 5.75 Å². The van der Waals surface area contributed by atoms with Gasteiger partial charge in [0.05, 0.1) is 18.6 Å². The van der Waals surface area contributed by atoms with E-state index in [1.54, 1.807) is 14.0 Å². The molecule has 0 bridgehead atoms. The van der Waals surface area contributed by atoms with Crippen LogP contribution in [0, 0.1) is 0 Å². The minimum absolute atomic E-state index is 0.0840. The van der Waals surface area contributed by atoms with Gasteiger partial charge in [-0.1, -0.05) is 13.3 Å². The molecule has 2 rings (SSSR count). The van der Waals surface area contributed by atoms with E-state index < -0.39 is 16.0 Å². The molecule has 2 aromatic rings. The Labute approximate surface area is 156 Å². The predicted molar refractivity (Wildman–Crippen MR) is 102 cm³/mol. The summed E-state index contributed by atoms with van der Waals surface area (Å²) in [7, 11) is 0.236. The molecular weight excluding hydrogens is 352 g/mol. The number of carbonyl (C=O) groups excluding carboxylic acids is 1. The summed E-state index contributed by atoms with van der Waals surface area (Å²) in [5.74, 6) is 1.19. The normalized spacial score (nSPS) is 14.5. The van der Waals surface area contributed by atoms with E-state index in [-0.39, 0.29) is 17.7 Å². The van der Waals surface area contributed by atoms with E-state index >= 15 is 0 Å². The van der Waals surface area contributed by atoms with Gasteiger partial charge in [-0.2, -0.15) is 0 Å². The van der Waals surface area contributed by atoms with Crippen molar-refractivity contribution < 1.29 is 18.2 Å². The molecule has 3 atom stereocenters. The van der Waals surface area contributed by atoms with Crippen LogP contribution < -0.4 is 10.1 Å². The lowest BCUT2D eigenvalue weighted by molar-refractivity contribution is -0.121. The Morgan fingerprint density at radius 3 is 2.62 bits per heavy atom. The lowest BCUT2D eigenvalue weighted by Crippen LogP contribution is -2.40. The van der Waals surface area contributed by atoms with E-state index in [0.29, 0.717) is 11.6 Å². The number of amides is 1. The van der Waals surface area contributed by atoms with Crippen molar-refractivity contribution in [3.63, 3.8) is 0 Å². The minimum Gasteiger partial charge on any atom is -0.497 e. The van der Waals surface area contributed by atoms with Crippen LogP contribution in [0.15, 0.2) is 34.9 Å². The molecule has 0 saturated carbocycles. The molecule has 26 heavy (non-hydrogen) atoms. The maximum Gasteiger partial charge on any atom is 0.235 e. The fourth-order valence-corrected chi connectivity index (χ4v) is 3.48. The molecule has 1 amide bonds. The van der Waals surface area contributed by atoms with Crippen molar-refractivity contribution in [2.24, 2.45) is 0 Å². The Kier molecular flexibility index (Phi) is 7.38. The zero-order chi connectivity index (χ0) is 19.1. The van der Waals surface area contributed by atoms with Gasteiger partial charge in [-0.25, -0.2) is 4.98 Å². The Balaban J connectivity index is 1.96. The molecule has 0 saturated heterocycles. The van der Waals surface area contributed by atoms with E-state index in [2.05, 4.69) is 17.2 Å². The van der Waals surface area contributed by atoms with Crippen LogP contribution in [0.3, 0.4) is 0 Å². The zero-order valence-corrected chi connectivity index (χ0v) is 16.5. The molecule has 0 aliphatic rings. The van der Waals surface area contributed by atoms with Crippen LogP contribution >= 0.6 is 0 Å². The van der Waals surface area contributed by atoms with Gasteiger partial charge in [-0.05, 0) is 44.5 Å². The third kappa shape index (κ3) is 5.42. The summed E-state index contributed by atoms with van der Waals surface area (Å²) in [4.78, 5) is 16.6. The maximum absolute atomic E-state index is 12.5. The standard InChI is InChI=1S/C19H26N2O4S/c1-5-6-13(2)20-18(22)14(3)26(23)12-16-11-25-19(21-16)15-7-9-17(24-4)10-8-15/h7-11,13-14H,5-6,12H2,1-4H3,(H,20,22). The van der Waals surface area contributed by atoms with Gasteiger partial charge in [0.1, 0.15) is 17.3 Å². The predicted octanol–water partition coefficient (Wildman–Crippen LogP) is 3.29. The average Bonchev–Trinajstić information content (AvgIpc) is 3.09. The first-order valence-corrected chi connectivity index (χ1v) is 10.1. The highest BCUT2D eigenvalue weighted by Crippen LogP contribution is 2.22. The monoisotopic (exact) mass is 378 g/mol. The highest BCUT2D eigenvalue weighted by molar-refractivity contribution is 7.85. The summed E-state index contributed by atoms with van der Waals surface area (Å²) in [6.45, 7) is 5.69. The van der Waals surface area contributed by atoms with Crippen LogP contribution in [-0.2, 0) is 21.3 Å². The molecule has 3 unspecified atom stereocenters. The number of aromatic nitrogens is 1. The molecule has 1 aromatic carbocycles. The van der Waals surface area contributed by atoms with Gasteiger partial charge in [0.25, 0.3) is 0 Å². The summed E-state index contributed by atoms with van der Waals surface area (Å²) >= 11 is 0. The first kappa shape index (κ1) is 20.2. The molecule has 0 spiro atoms. The molecule has 6 nitrogen and oxygen atoms in total. The maximum atomic E-state index is 12.5. The molecule has 0 radical (unpaired) electrons. The lowest BCUT2D eigenvalue weighted by atomic mass is 10.2. The second-order valence-corrected chi connectivity index (χ2v) is 8.00. The van der Waals surface area contributed by atoms with Crippen molar-refractivity contribution in [1.82, 2.24) is 10.3 Å². The van der Waals surface area contributed by atoms with E-state index in [4.69, 9.17) is 9.15 Å². The first-order chi connectivity index (χ1) is 12.4. The SMILES string of the molecule is CCCC(C)NC(=O)C(C)S(=O)Cc1coc(-c2ccc(OC)cc2)n1. The second kappa shape index (κ2) is 9.52. The van der Waals surface area contributed by atoms with Gasteiger partial charge in [0.2, 0.25) is 11.8 Å². The molecule has 1 N–H and O–H groups in total. The Morgan fingerprint density at radius 1 is 1.31 bits per heavy atom. The third-order valence-corrected chi connectivity index (χ3v) is 5.64. The van der Waals surface area contributed by atoms with Crippen LogP contribution in [-0.4, -0.2) is 33.5 Å². The molecule has 1 heterocycles. The molecule has 142 valence electrons. The van der Waals surface area contributed by atoms with Crippen LogP contribution in [0.25, 0.3) is 11.5 Å². The molecule has 1 aromatic heterocycles. The number of carbonyl (C=O) groups is 1. The molecule has 0 fully saturated rings. The molecule has 0 aliphatic heterocycles. The highest BCUT2D eigenvalue weighted by atomic mass is 32.2. The Hall–Kier alpha value is -2.15. The summed E-state index contributed by atoms with van der Waals surface area (Å²) in [6, 6.07) is 7.41. The number of rotatable bonds is 9. The number of oxazole rings is 1. The molecule has 7 heteroatoms. The minimum atomic E-state index is -1.37. The number of ether oxygens (including phenoxy) is 1. The van der Waals surface area contributed by atoms with Gasteiger partial charge >= 0.3 is 0 Å². The quantitative estimate of drug-likeness (QED) is 0.724. The third-order valence-electron chi connectivity index (χ3n) is 4.05. The van der Waals surface area contributed by atoms with Gasteiger partial charge in [-0.15, -0.1) is 0 Å². The summed E-state index contributed by atoms with van der Waals surface area (Å²) in [5.41, 5.74) is 1.37. The average molecular weight is 378 g/mol. The summed E-state index contributed by atoms with van der Waals surface area (Å²) < 4.78 is 23.1. The fraction of sp³-hybridized carbons (Fsp3) is 0.474. The number of hydrogen-bond donors (Lipinski definition) is 1. The van der Waals surface area contributed by atoms with E-state index in [1.165, 1.54) is 6.26 Å². The van der Waals surface area contributed by atoms with Crippen molar-refractivity contribution in [2.75, 3.05) is 7.11 Å². The van der Waals surface area contributed by atoms with Crippen LogP contribution in [0.2, 0.25) is 0 Å². The van der Waals surface area contributed by atoms with E-state index in [0.717, 1.165) is 24.2 Å². The molecular formula is C19H26N2O4S. The van der Waals surface area contributed by atoms with E-state index in [1.807, 2.05) is 31.2 Å². The van der Waals surface area contributed by atoms with Gasteiger partial charge in [0, 0.05) is 22.4 Å². The fourth-order valence-electron chi connectivity index (χ4n) is 2.49. The molecule has 0 aliphatic carbocycles. The summed E-state index contributed by atoms with van der Waals surface area (Å²) in [5, 5.41) is 2.30. The van der Waals surface area contributed by atoms with Crippen LogP contribution in [0.4, 0.5) is 0 Å². The van der Waals surface area contributed by atoms with Crippen molar-refractivity contribution >= 4 is 16.7 Å². The smallest absolute Gasteiger partial charge is 0.235 e. The second-order valence-electron chi connectivity index (χ2n) is 6.24. The van der Waals surface area contributed by atoms with Crippen molar-refractivity contribution in [2.45, 2.75) is 50.7 Å². The van der Waals surface area contributed by atoms with Crippen LogP contribution in [0.1, 0.15) is 39.3 Å². The Morgan fingerprint density at radius 2 is 2.00 bits per heavy atom. The van der Waals surface area contributed by atoms with E-state index in [9.17, 15) is 9.00 Å². The number of hydrogen-bond acceptors (Lipinski definition) is 5. The van der Waals surface area contributed by atoms with Crippen molar-refractivity contribution in [3.8, 4) is 17.2 Å². The zero-order valence-electron chi connectivity index (χ0n) is 15.7. The number of benzene rings is 1. The first-order valence-electron chi connectivity index (χ1n) is 8.71. The number of methoxy groups -OCH3 is 1. The van der Waals surface area contributed by atoms with Gasteiger partial charge < -0.3 is 14.5 Å². The van der Waals surface area contributed by atoms with Crippen molar-refractivity contribution in [1.29, 1.82) is 0 Å². The topological polar surface area (TPSA) is 81.4 Å². The van der Waals surface area contributed by atoms with Crippen molar-refractivity contribution in [3.05, 3.63) is 36.2 Å². The van der Waals surface area contributed by atoms with Gasteiger partial charge in [0.15, 0.2) is 0 Å². The number of nitrogens with one attached hydrogen (secondary N) is 1. The highest BCUT2D eigenvalue weighted by Gasteiger charge is 2.22. The Bertz CT molecular complexity index is 742. The van der Waals surface area contributed by atoms with Gasteiger partial charge in [-0.3, -0.25) is 9.00 Å².